The average Bonchev–Trinajstić information content (AvgIpc) is 2.52. The van der Waals surface area contributed by atoms with Gasteiger partial charge in [-0.15, -0.1) is 0 Å². The summed E-state index contributed by atoms with van der Waals surface area (Å²) in [5.74, 6) is -0.418. The van der Waals surface area contributed by atoms with Crippen molar-refractivity contribution >= 4 is 33.2 Å². The number of carbonyl (C=O) groups excluding carboxylic acids is 1. The molecule has 0 spiro atoms. The van der Waals surface area contributed by atoms with Gasteiger partial charge in [-0.2, -0.15) is 5.10 Å². The summed E-state index contributed by atoms with van der Waals surface area (Å²) in [5.41, 5.74) is 3.73. The van der Waals surface area contributed by atoms with Crippen molar-refractivity contribution in [2.24, 2.45) is 5.10 Å². The second-order valence-corrected chi connectivity index (χ2v) is 5.25. The van der Waals surface area contributed by atoms with Gasteiger partial charge in [0.05, 0.1) is 16.2 Å². The van der Waals surface area contributed by atoms with Gasteiger partial charge < -0.3 is 0 Å². The first-order valence-corrected chi connectivity index (χ1v) is 6.96. The number of hydrazone groups is 1. The summed E-state index contributed by atoms with van der Waals surface area (Å²) in [5, 5.41) is 14.7. The van der Waals surface area contributed by atoms with Gasteiger partial charge in [0.25, 0.3) is 11.6 Å². The maximum absolute atomic E-state index is 11.9. The summed E-state index contributed by atoms with van der Waals surface area (Å²) in [6.45, 7) is 1.65. The van der Waals surface area contributed by atoms with Crippen molar-refractivity contribution in [2.45, 2.75) is 6.92 Å². The van der Waals surface area contributed by atoms with E-state index in [2.05, 4.69) is 31.4 Å². The van der Waals surface area contributed by atoms with Gasteiger partial charge in [-0.25, -0.2) is 5.43 Å². The molecule has 7 nitrogen and oxygen atoms in total. The second-order valence-electron chi connectivity index (χ2n) is 4.34. The van der Waals surface area contributed by atoms with Gasteiger partial charge in [0.15, 0.2) is 0 Å². The van der Waals surface area contributed by atoms with Crippen LogP contribution in [-0.2, 0) is 0 Å². The molecule has 0 aliphatic heterocycles. The predicted octanol–water partition coefficient (Wildman–Crippen LogP) is 2.91. The molecule has 1 amide bonds. The Labute approximate surface area is 134 Å². The number of benzene rings is 1. The molecule has 2 rings (SSSR count). The lowest BCUT2D eigenvalue weighted by atomic mass is 10.1. The van der Waals surface area contributed by atoms with Gasteiger partial charge in [0.2, 0.25) is 0 Å². The Kier molecular flexibility index (Phi) is 4.95. The molecule has 0 saturated carbocycles. The van der Waals surface area contributed by atoms with Crippen LogP contribution >= 0.6 is 15.9 Å². The van der Waals surface area contributed by atoms with E-state index in [1.54, 1.807) is 31.3 Å². The Hall–Kier alpha value is -2.61. The molecular weight excluding hydrogens is 352 g/mol. The molecule has 0 saturated heterocycles. The van der Waals surface area contributed by atoms with Crippen LogP contribution in [-0.4, -0.2) is 21.5 Å². The van der Waals surface area contributed by atoms with E-state index >= 15 is 0 Å². The summed E-state index contributed by atoms with van der Waals surface area (Å²) >= 11 is 3.23. The standard InChI is InChI=1S/C14H11BrN4O3/c1-9(10-3-2-4-13(6-10)19(21)22)17-18-14(20)11-5-12(15)8-16-7-11/h2-8H,1H3,(H,18,20)/b17-9-. The fourth-order valence-corrected chi connectivity index (χ4v) is 2.01. The van der Waals surface area contributed by atoms with Crippen molar-refractivity contribution in [3.63, 3.8) is 0 Å². The maximum atomic E-state index is 11.9. The third-order valence-corrected chi connectivity index (χ3v) is 3.20. The highest BCUT2D eigenvalue weighted by Crippen LogP contribution is 2.14. The number of carbonyl (C=O) groups is 1. The average molecular weight is 363 g/mol. The van der Waals surface area contributed by atoms with Crippen LogP contribution in [0.5, 0.6) is 0 Å². The van der Waals surface area contributed by atoms with E-state index in [1.165, 1.54) is 18.3 Å². The summed E-state index contributed by atoms with van der Waals surface area (Å²) < 4.78 is 0.680. The van der Waals surface area contributed by atoms with Crippen LogP contribution in [0.25, 0.3) is 0 Å². The van der Waals surface area contributed by atoms with Crippen LogP contribution in [0.3, 0.4) is 0 Å². The zero-order valence-corrected chi connectivity index (χ0v) is 13.1. The van der Waals surface area contributed by atoms with Crippen LogP contribution < -0.4 is 5.43 Å². The lowest BCUT2D eigenvalue weighted by molar-refractivity contribution is -0.384. The van der Waals surface area contributed by atoms with E-state index in [4.69, 9.17) is 0 Å². The van der Waals surface area contributed by atoms with Crippen molar-refractivity contribution in [2.75, 3.05) is 0 Å². The fourth-order valence-electron chi connectivity index (χ4n) is 1.64. The van der Waals surface area contributed by atoms with Crippen molar-refractivity contribution in [1.82, 2.24) is 10.4 Å². The van der Waals surface area contributed by atoms with E-state index in [1.807, 2.05) is 0 Å². The Balaban J connectivity index is 2.14. The van der Waals surface area contributed by atoms with Crippen molar-refractivity contribution in [3.8, 4) is 0 Å². The lowest BCUT2D eigenvalue weighted by Gasteiger charge is -2.03. The number of pyridine rings is 1. The SMILES string of the molecule is C/C(=N/NC(=O)c1cncc(Br)c1)c1cccc([N+](=O)[O-])c1. The van der Waals surface area contributed by atoms with Crippen LogP contribution in [0.2, 0.25) is 0 Å². The number of nitro benzene ring substituents is 1. The monoisotopic (exact) mass is 362 g/mol. The normalized spacial score (nSPS) is 11.1. The highest BCUT2D eigenvalue weighted by Gasteiger charge is 2.09. The van der Waals surface area contributed by atoms with E-state index in [-0.39, 0.29) is 5.69 Å². The molecule has 0 aliphatic carbocycles. The Bertz CT molecular complexity index is 761. The number of rotatable bonds is 4. The minimum Gasteiger partial charge on any atom is -0.267 e. The molecule has 0 aliphatic rings. The van der Waals surface area contributed by atoms with Gasteiger partial charge in [0.1, 0.15) is 0 Å². The number of nitro groups is 1. The number of aromatic nitrogens is 1. The molecule has 0 fully saturated rings. The third kappa shape index (κ3) is 3.95. The number of hydrogen-bond donors (Lipinski definition) is 1. The van der Waals surface area contributed by atoms with Crippen LogP contribution in [0.1, 0.15) is 22.8 Å². The number of amides is 1. The smallest absolute Gasteiger partial charge is 0.267 e. The quantitative estimate of drug-likeness (QED) is 0.513. The third-order valence-electron chi connectivity index (χ3n) is 2.77. The van der Waals surface area contributed by atoms with Gasteiger partial charge >= 0.3 is 0 Å². The molecule has 0 atom stereocenters. The molecule has 1 aromatic carbocycles. The maximum Gasteiger partial charge on any atom is 0.272 e. The Morgan fingerprint density at radius 1 is 1.32 bits per heavy atom. The summed E-state index contributed by atoms with van der Waals surface area (Å²) in [6, 6.07) is 7.64. The molecule has 22 heavy (non-hydrogen) atoms. The summed E-state index contributed by atoms with van der Waals surface area (Å²) in [6.07, 6.45) is 2.98. The highest BCUT2D eigenvalue weighted by atomic mass is 79.9. The fraction of sp³-hybridized carbons (Fsp3) is 0.0714. The summed E-state index contributed by atoms with van der Waals surface area (Å²) in [4.78, 5) is 26.1. The van der Waals surface area contributed by atoms with Gasteiger partial charge in [-0.05, 0) is 28.9 Å². The topological polar surface area (TPSA) is 97.5 Å². The van der Waals surface area contributed by atoms with Gasteiger partial charge in [-0.3, -0.25) is 19.9 Å². The number of nitrogens with zero attached hydrogens (tertiary/aromatic N) is 3. The lowest BCUT2D eigenvalue weighted by Crippen LogP contribution is -2.19. The minimum atomic E-state index is -0.484. The Morgan fingerprint density at radius 3 is 2.77 bits per heavy atom. The van der Waals surface area contributed by atoms with E-state index in [0.29, 0.717) is 21.3 Å². The molecule has 0 radical (unpaired) electrons. The van der Waals surface area contributed by atoms with Gasteiger partial charge in [-0.1, -0.05) is 12.1 Å². The second kappa shape index (κ2) is 6.90. The molecule has 2 aromatic rings. The first kappa shape index (κ1) is 15.8. The number of hydrogen-bond acceptors (Lipinski definition) is 5. The molecule has 1 heterocycles. The zero-order valence-electron chi connectivity index (χ0n) is 11.5. The van der Waals surface area contributed by atoms with E-state index < -0.39 is 10.8 Å². The summed E-state index contributed by atoms with van der Waals surface area (Å²) in [7, 11) is 0. The molecular formula is C14H11BrN4O3. The molecule has 1 N–H and O–H groups in total. The largest absolute Gasteiger partial charge is 0.272 e. The van der Waals surface area contributed by atoms with Gasteiger partial charge in [0, 0.05) is 34.6 Å². The van der Waals surface area contributed by atoms with Crippen LogP contribution in [0, 0.1) is 10.1 Å². The van der Waals surface area contributed by atoms with Crippen molar-refractivity contribution < 1.29 is 9.72 Å². The predicted molar refractivity (Wildman–Crippen MR) is 84.7 cm³/mol. The van der Waals surface area contributed by atoms with E-state index in [9.17, 15) is 14.9 Å². The molecule has 0 unspecified atom stereocenters. The molecule has 112 valence electrons. The number of halogens is 1. The molecule has 8 heteroatoms. The Morgan fingerprint density at radius 2 is 2.09 bits per heavy atom. The minimum absolute atomic E-state index is 0.0328. The van der Waals surface area contributed by atoms with E-state index in [0.717, 1.165) is 0 Å². The van der Waals surface area contributed by atoms with Crippen LogP contribution in [0.4, 0.5) is 5.69 Å². The van der Waals surface area contributed by atoms with Crippen molar-refractivity contribution in [3.05, 3.63) is 68.4 Å². The first-order valence-electron chi connectivity index (χ1n) is 6.17. The molecule has 1 aromatic heterocycles. The molecule has 0 bridgehead atoms. The number of non-ortho nitro benzene ring substituents is 1. The van der Waals surface area contributed by atoms with Crippen molar-refractivity contribution in [1.29, 1.82) is 0 Å². The zero-order chi connectivity index (χ0) is 16.1. The first-order chi connectivity index (χ1) is 10.5. The number of nitrogens with one attached hydrogen (secondary N) is 1. The van der Waals surface area contributed by atoms with Crippen LogP contribution in [0.15, 0.2) is 52.3 Å². The highest BCUT2D eigenvalue weighted by molar-refractivity contribution is 9.10.